The van der Waals surface area contributed by atoms with Crippen LogP contribution in [0, 0.1) is 5.92 Å². The van der Waals surface area contributed by atoms with Crippen molar-refractivity contribution < 1.29 is 27.6 Å². The van der Waals surface area contributed by atoms with Crippen molar-refractivity contribution in [3.8, 4) is 0 Å². The van der Waals surface area contributed by atoms with Crippen LogP contribution in [-0.4, -0.2) is 71.3 Å². The third-order valence-corrected chi connectivity index (χ3v) is 6.23. The maximum absolute atomic E-state index is 13.1. The van der Waals surface area contributed by atoms with E-state index in [0.29, 0.717) is 31.7 Å². The standard InChI is InChI=1S/C21H25F3N4O3/c22-21(23,24)16-4-1-3-14(9-16)11-27-12-15(10-18(27)29)19(30)26-7-2-5-17(13-26)28-8-6-25-20(28)31/h1,3-4,9,15,17H,2,5-8,10-13H2,(H,25,31)/t15-,17+/m1/s1. The Morgan fingerprint density at radius 3 is 2.68 bits per heavy atom. The Morgan fingerprint density at radius 2 is 1.97 bits per heavy atom. The van der Waals surface area contributed by atoms with Crippen LogP contribution in [0.1, 0.15) is 30.4 Å². The van der Waals surface area contributed by atoms with Gasteiger partial charge in [0.25, 0.3) is 0 Å². The zero-order valence-corrected chi connectivity index (χ0v) is 17.0. The minimum Gasteiger partial charge on any atom is -0.340 e. The van der Waals surface area contributed by atoms with Gasteiger partial charge in [-0.15, -0.1) is 0 Å². The molecule has 4 rings (SSSR count). The van der Waals surface area contributed by atoms with E-state index < -0.39 is 17.7 Å². The quantitative estimate of drug-likeness (QED) is 0.782. The molecule has 1 aromatic carbocycles. The lowest BCUT2D eigenvalue weighted by atomic mass is 10.0. The molecule has 31 heavy (non-hydrogen) atoms. The van der Waals surface area contributed by atoms with Gasteiger partial charge in [-0.1, -0.05) is 12.1 Å². The van der Waals surface area contributed by atoms with Crippen LogP contribution in [0.5, 0.6) is 0 Å². The number of carbonyl (C=O) groups excluding carboxylic acids is 3. The van der Waals surface area contributed by atoms with E-state index in [-0.39, 0.29) is 43.4 Å². The summed E-state index contributed by atoms with van der Waals surface area (Å²) in [6.45, 7) is 2.50. The first-order valence-electron chi connectivity index (χ1n) is 10.5. The van der Waals surface area contributed by atoms with Crippen molar-refractivity contribution in [1.29, 1.82) is 0 Å². The number of hydrogen-bond acceptors (Lipinski definition) is 3. The van der Waals surface area contributed by atoms with Crippen molar-refractivity contribution in [2.75, 3.05) is 32.7 Å². The van der Waals surface area contributed by atoms with E-state index in [2.05, 4.69) is 5.32 Å². The molecule has 168 valence electrons. The SMILES string of the molecule is O=C1C[C@@H](C(=O)N2CCC[C@H](N3CCNC3=O)C2)CN1Cc1cccc(C(F)(F)F)c1. The topological polar surface area (TPSA) is 73.0 Å². The van der Waals surface area contributed by atoms with Gasteiger partial charge < -0.3 is 20.0 Å². The fraction of sp³-hybridized carbons (Fsp3) is 0.571. The predicted octanol–water partition coefficient (Wildman–Crippen LogP) is 2.07. The number of nitrogens with one attached hydrogen (secondary N) is 1. The van der Waals surface area contributed by atoms with Crippen molar-refractivity contribution in [2.45, 2.75) is 38.0 Å². The summed E-state index contributed by atoms with van der Waals surface area (Å²) in [5.74, 6) is -0.864. The normalized spacial score (nSPS) is 24.7. The lowest BCUT2D eigenvalue weighted by molar-refractivity contribution is -0.138. The van der Waals surface area contributed by atoms with E-state index in [0.717, 1.165) is 25.0 Å². The van der Waals surface area contributed by atoms with E-state index in [1.165, 1.54) is 11.0 Å². The highest BCUT2D eigenvalue weighted by molar-refractivity contribution is 5.89. The van der Waals surface area contributed by atoms with Crippen molar-refractivity contribution in [3.63, 3.8) is 0 Å². The molecule has 3 fully saturated rings. The largest absolute Gasteiger partial charge is 0.416 e. The number of carbonyl (C=O) groups is 3. The number of piperidine rings is 1. The van der Waals surface area contributed by atoms with Crippen molar-refractivity contribution >= 4 is 17.8 Å². The third kappa shape index (κ3) is 4.62. The number of likely N-dealkylation sites (tertiary alicyclic amines) is 2. The zero-order valence-electron chi connectivity index (χ0n) is 17.0. The number of halogens is 3. The summed E-state index contributed by atoms with van der Waals surface area (Å²) in [6, 6.07) is 4.77. The van der Waals surface area contributed by atoms with Crippen LogP contribution >= 0.6 is 0 Å². The summed E-state index contributed by atoms with van der Waals surface area (Å²) in [4.78, 5) is 42.4. The van der Waals surface area contributed by atoms with Gasteiger partial charge in [-0.3, -0.25) is 9.59 Å². The molecular weight excluding hydrogens is 413 g/mol. The first-order chi connectivity index (χ1) is 14.7. The van der Waals surface area contributed by atoms with Gasteiger partial charge in [0.2, 0.25) is 11.8 Å². The molecule has 0 radical (unpaired) electrons. The number of hydrogen-bond donors (Lipinski definition) is 1. The third-order valence-electron chi connectivity index (χ3n) is 6.23. The van der Waals surface area contributed by atoms with Crippen LogP contribution in [0.2, 0.25) is 0 Å². The van der Waals surface area contributed by atoms with Gasteiger partial charge in [0.05, 0.1) is 17.5 Å². The Balaban J connectivity index is 1.37. The summed E-state index contributed by atoms with van der Waals surface area (Å²) in [6.07, 6.45) is -2.76. The Hall–Kier alpha value is -2.78. The maximum atomic E-state index is 13.1. The highest BCUT2D eigenvalue weighted by atomic mass is 19.4. The van der Waals surface area contributed by atoms with Crippen molar-refractivity contribution in [3.05, 3.63) is 35.4 Å². The molecule has 3 saturated heterocycles. The Bertz CT molecular complexity index is 876. The second kappa shape index (κ2) is 8.39. The van der Waals surface area contributed by atoms with Gasteiger partial charge in [-0.2, -0.15) is 13.2 Å². The van der Waals surface area contributed by atoms with Gasteiger partial charge >= 0.3 is 12.2 Å². The highest BCUT2D eigenvalue weighted by Crippen LogP contribution is 2.31. The molecule has 10 heteroatoms. The number of alkyl halides is 3. The van der Waals surface area contributed by atoms with E-state index >= 15 is 0 Å². The molecule has 3 aliphatic rings. The van der Waals surface area contributed by atoms with Crippen LogP contribution in [0.25, 0.3) is 0 Å². The molecule has 1 N–H and O–H groups in total. The van der Waals surface area contributed by atoms with E-state index in [1.54, 1.807) is 15.9 Å². The van der Waals surface area contributed by atoms with Gasteiger partial charge in [0.15, 0.2) is 0 Å². The lowest BCUT2D eigenvalue weighted by Gasteiger charge is -2.38. The molecule has 0 bridgehead atoms. The molecule has 3 heterocycles. The minimum absolute atomic E-state index is 0.0292. The predicted molar refractivity (Wildman–Crippen MR) is 105 cm³/mol. The van der Waals surface area contributed by atoms with Crippen LogP contribution in [0.3, 0.4) is 0 Å². The summed E-state index contributed by atoms with van der Waals surface area (Å²) in [5.41, 5.74) is -0.371. The molecule has 7 nitrogen and oxygen atoms in total. The summed E-state index contributed by atoms with van der Waals surface area (Å²) >= 11 is 0. The minimum atomic E-state index is -4.44. The van der Waals surface area contributed by atoms with E-state index in [9.17, 15) is 27.6 Å². The number of rotatable bonds is 4. The molecule has 2 atom stereocenters. The van der Waals surface area contributed by atoms with Crippen LogP contribution in [0.4, 0.5) is 18.0 Å². The summed E-state index contributed by atoms with van der Waals surface area (Å²) in [7, 11) is 0. The fourth-order valence-electron chi connectivity index (χ4n) is 4.66. The average molecular weight is 438 g/mol. The molecule has 0 aliphatic carbocycles. The average Bonchev–Trinajstić information content (AvgIpc) is 3.33. The Kier molecular flexibility index (Phi) is 5.81. The second-order valence-corrected chi connectivity index (χ2v) is 8.38. The molecule has 1 aromatic rings. The van der Waals surface area contributed by atoms with Crippen LogP contribution in [0.15, 0.2) is 24.3 Å². The highest BCUT2D eigenvalue weighted by Gasteiger charge is 2.39. The Labute approximate surface area is 178 Å². The first-order valence-corrected chi connectivity index (χ1v) is 10.5. The van der Waals surface area contributed by atoms with Gasteiger partial charge in [0, 0.05) is 45.7 Å². The molecule has 0 saturated carbocycles. The maximum Gasteiger partial charge on any atom is 0.416 e. The number of amides is 4. The molecule has 4 amide bonds. The van der Waals surface area contributed by atoms with Crippen molar-refractivity contribution in [1.82, 2.24) is 20.0 Å². The van der Waals surface area contributed by atoms with E-state index in [4.69, 9.17) is 0 Å². The first kappa shape index (κ1) is 21.5. The number of benzene rings is 1. The van der Waals surface area contributed by atoms with Crippen molar-refractivity contribution in [2.24, 2.45) is 5.92 Å². The molecule has 0 unspecified atom stereocenters. The monoisotopic (exact) mass is 438 g/mol. The molecule has 0 spiro atoms. The number of nitrogens with zero attached hydrogens (tertiary/aromatic N) is 3. The fourth-order valence-corrected chi connectivity index (χ4v) is 4.66. The van der Waals surface area contributed by atoms with Gasteiger partial charge in [-0.25, -0.2) is 4.79 Å². The summed E-state index contributed by atoms with van der Waals surface area (Å²) < 4.78 is 38.8. The molecule has 0 aromatic heterocycles. The van der Waals surface area contributed by atoms with Gasteiger partial charge in [0.1, 0.15) is 0 Å². The zero-order chi connectivity index (χ0) is 22.2. The van der Waals surface area contributed by atoms with Crippen LogP contribution in [-0.2, 0) is 22.3 Å². The molecule has 3 aliphatic heterocycles. The smallest absolute Gasteiger partial charge is 0.340 e. The van der Waals surface area contributed by atoms with Gasteiger partial charge in [-0.05, 0) is 30.5 Å². The van der Waals surface area contributed by atoms with E-state index in [1.807, 2.05) is 0 Å². The summed E-state index contributed by atoms with van der Waals surface area (Å²) in [5, 5.41) is 2.78. The second-order valence-electron chi connectivity index (χ2n) is 8.38. The Morgan fingerprint density at radius 1 is 1.16 bits per heavy atom. The number of urea groups is 1. The lowest BCUT2D eigenvalue weighted by Crippen LogP contribution is -2.52. The van der Waals surface area contributed by atoms with Crippen LogP contribution < -0.4 is 5.32 Å². The molecular formula is C21H25F3N4O3.